The maximum absolute atomic E-state index is 11.7. The van der Waals surface area contributed by atoms with Gasteiger partial charge in [-0.1, -0.05) is 34.8 Å². The van der Waals surface area contributed by atoms with Gasteiger partial charge in [-0.25, -0.2) is 9.97 Å². The van der Waals surface area contributed by atoms with Gasteiger partial charge in [-0.2, -0.15) is 4.98 Å². The molecule has 182 valence electrons. The lowest BCUT2D eigenvalue weighted by Crippen LogP contribution is -2.29. The van der Waals surface area contributed by atoms with Crippen LogP contribution in [0, 0.1) is 5.92 Å². The highest BCUT2D eigenvalue weighted by atomic mass is 35.5. The minimum atomic E-state index is -0.257. The fourth-order valence-corrected chi connectivity index (χ4v) is 5.21. The second-order valence-corrected chi connectivity index (χ2v) is 9.74. The number of amides is 1. The van der Waals surface area contributed by atoms with Gasteiger partial charge < -0.3 is 21.1 Å². The summed E-state index contributed by atoms with van der Waals surface area (Å²) in [5.41, 5.74) is 7.31. The lowest BCUT2D eigenvalue weighted by molar-refractivity contribution is -0.122. The molecule has 2 heterocycles. The molecule has 0 aliphatic heterocycles. The maximum atomic E-state index is 11.7. The molecule has 9 nitrogen and oxygen atoms in total. The smallest absolute Gasteiger partial charge is 0.225 e. The number of hydrogen-bond donors (Lipinski definition) is 3. The molecule has 0 unspecified atom stereocenters. The number of fused-ring (bicyclic) bond motifs is 1. The molecule has 0 spiro atoms. The van der Waals surface area contributed by atoms with Crippen molar-refractivity contribution in [1.29, 1.82) is 0 Å². The van der Waals surface area contributed by atoms with E-state index < -0.39 is 0 Å². The number of ether oxygens (including phenoxy) is 1. The molecule has 1 aliphatic carbocycles. The van der Waals surface area contributed by atoms with E-state index in [0.29, 0.717) is 63.3 Å². The van der Waals surface area contributed by atoms with Gasteiger partial charge in [0.25, 0.3) is 0 Å². The first-order valence-corrected chi connectivity index (χ1v) is 12.1. The molecule has 0 saturated heterocycles. The number of nitrogens with zero attached hydrogens (tertiary/aromatic N) is 4. The molecule has 3 aromatic rings. The monoisotopic (exact) mass is 525 g/mol. The molecule has 1 atom stereocenters. The van der Waals surface area contributed by atoms with Crippen LogP contribution >= 0.6 is 34.8 Å². The highest BCUT2D eigenvalue weighted by Gasteiger charge is 2.29. The van der Waals surface area contributed by atoms with Crippen molar-refractivity contribution in [3.05, 3.63) is 33.4 Å². The van der Waals surface area contributed by atoms with Gasteiger partial charge in [-0.3, -0.25) is 9.36 Å². The number of rotatable bonds is 8. The van der Waals surface area contributed by atoms with Crippen LogP contribution in [0.15, 0.2) is 18.3 Å². The van der Waals surface area contributed by atoms with Crippen molar-refractivity contribution in [3.63, 3.8) is 0 Å². The summed E-state index contributed by atoms with van der Waals surface area (Å²) >= 11 is 18.9. The fourth-order valence-electron chi connectivity index (χ4n) is 4.30. The minimum Gasteiger partial charge on any atom is -0.383 e. The van der Waals surface area contributed by atoms with Crippen LogP contribution in [0.3, 0.4) is 0 Å². The molecule has 2 aromatic heterocycles. The molecule has 1 aromatic carbocycles. The molecule has 1 amide bonds. The predicted molar refractivity (Wildman–Crippen MR) is 135 cm³/mol. The Morgan fingerprint density at radius 3 is 2.50 bits per heavy atom. The zero-order valence-electron chi connectivity index (χ0n) is 18.8. The summed E-state index contributed by atoms with van der Waals surface area (Å²) in [7, 11) is 1.64. The first-order chi connectivity index (χ1) is 16.3. The van der Waals surface area contributed by atoms with Gasteiger partial charge in [-0.05, 0) is 44.7 Å². The molecule has 1 fully saturated rings. The maximum Gasteiger partial charge on any atom is 0.225 e. The molecule has 0 radical (unpaired) electrons. The van der Waals surface area contributed by atoms with E-state index in [-0.39, 0.29) is 23.9 Å². The molecule has 4 rings (SSSR count). The number of benzene rings is 1. The van der Waals surface area contributed by atoms with Gasteiger partial charge in [0, 0.05) is 30.1 Å². The minimum absolute atomic E-state index is 0.0223. The molecule has 1 aliphatic rings. The highest BCUT2D eigenvalue weighted by Crippen LogP contribution is 2.40. The average molecular weight is 527 g/mol. The van der Waals surface area contributed by atoms with Gasteiger partial charge in [-0.15, -0.1) is 0 Å². The molecular formula is C22H26Cl3N7O2. The third-order valence-corrected chi connectivity index (χ3v) is 6.75. The summed E-state index contributed by atoms with van der Waals surface area (Å²) < 4.78 is 7.22. The number of carbonyl (C=O) groups excluding carboxylic acids is 1. The van der Waals surface area contributed by atoms with E-state index in [9.17, 15) is 4.79 Å². The van der Waals surface area contributed by atoms with Crippen LogP contribution in [-0.4, -0.2) is 45.2 Å². The van der Waals surface area contributed by atoms with E-state index in [4.69, 9.17) is 55.2 Å². The fraction of sp³-hybridized carbons (Fsp3) is 0.455. The standard InChI is InChI=1S/C22H26Cl3N7O2/c1-11(10-34-2)28-21-27-9-17-20(31-21)32(14-5-3-12(4-6-14)19(26)33)22(29-17)30-18-15(24)7-13(23)8-16(18)25/h7-9,11-12,14H,3-6,10H2,1-2H3,(H2,26,33)(H,29,30)(H,27,28,31)/t11-,12-,14+/m0/s1. The van der Waals surface area contributed by atoms with E-state index in [0.717, 1.165) is 12.8 Å². The zero-order valence-corrected chi connectivity index (χ0v) is 21.1. The van der Waals surface area contributed by atoms with Crippen molar-refractivity contribution in [2.24, 2.45) is 11.7 Å². The number of nitrogens with one attached hydrogen (secondary N) is 2. The third kappa shape index (κ3) is 5.33. The predicted octanol–water partition coefficient (Wildman–Crippen LogP) is 5.19. The van der Waals surface area contributed by atoms with Crippen LogP contribution in [0.4, 0.5) is 17.6 Å². The quantitative estimate of drug-likeness (QED) is 0.369. The van der Waals surface area contributed by atoms with Crippen molar-refractivity contribution >= 4 is 69.5 Å². The van der Waals surface area contributed by atoms with Crippen molar-refractivity contribution in [3.8, 4) is 0 Å². The van der Waals surface area contributed by atoms with E-state index in [2.05, 4.69) is 15.6 Å². The Morgan fingerprint density at radius 2 is 1.88 bits per heavy atom. The van der Waals surface area contributed by atoms with E-state index >= 15 is 0 Å². The number of methoxy groups -OCH3 is 1. The molecule has 12 heteroatoms. The molecule has 0 bridgehead atoms. The number of carbonyl (C=O) groups is 1. The topological polar surface area (TPSA) is 120 Å². The molecule has 1 saturated carbocycles. The van der Waals surface area contributed by atoms with Crippen molar-refractivity contribution < 1.29 is 9.53 Å². The van der Waals surface area contributed by atoms with E-state index in [1.54, 1.807) is 25.4 Å². The second-order valence-electron chi connectivity index (χ2n) is 8.49. The van der Waals surface area contributed by atoms with Crippen LogP contribution in [0.25, 0.3) is 11.2 Å². The summed E-state index contributed by atoms with van der Waals surface area (Å²) in [5.74, 6) is 0.621. The zero-order chi connectivity index (χ0) is 24.4. The van der Waals surface area contributed by atoms with Crippen molar-refractivity contribution in [1.82, 2.24) is 19.5 Å². The Balaban J connectivity index is 1.75. The largest absolute Gasteiger partial charge is 0.383 e. The summed E-state index contributed by atoms with van der Waals surface area (Å²) in [6.07, 6.45) is 4.57. The summed E-state index contributed by atoms with van der Waals surface area (Å²) in [5, 5.41) is 7.69. The van der Waals surface area contributed by atoms with Crippen molar-refractivity contribution in [2.75, 3.05) is 24.4 Å². The first-order valence-electron chi connectivity index (χ1n) is 11.0. The summed E-state index contributed by atoms with van der Waals surface area (Å²) in [4.78, 5) is 25.6. The lowest BCUT2D eigenvalue weighted by atomic mass is 9.85. The third-order valence-electron chi connectivity index (χ3n) is 5.93. The van der Waals surface area contributed by atoms with Crippen LogP contribution in [0.5, 0.6) is 0 Å². The van der Waals surface area contributed by atoms with Crippen LogP contribution in [-0.2, 0) is 9.53 Å². The van der Waals surface area contributed by atoms with Crippen molar-refractivity contribution in [2.45, 2.75) is 44.7 Å². The summed E-state index contributed by atoms with van der Waals surface area (Å²) in [6, 6.07) is 3.30. The molecule has 34 heavy (non-hydrogen) atoms. The number of nitrogens with two attached hydrogens (primary N) is 1. The number of hydrogen-bond acceptors (Lipinski definition) is 7. The van der Waals surface area contributed by atoms with Crippen LogP contribution < -0.4 is 16.4 Å². The number of anilines is 3. The number of halogens is 3. The Bertz CT molecular complexity index is 1170. The second kappa shape index (κ2) is 10.5. The van der Waals surface area contributed by atoms with Gasteiger partial charge in [0.2, 0.25) is 17.8 Å². The first kappa shape index (κ1) is 24.8. The van der Waals surface area contributed by atoms with E-state index in [1.807, 2.05) is 11.5 Å². The molecular weight excluding hydrogens is 501 g/mol. The Kier molecular flexibility index (Phi) is 7.67. The van der Waals surface area contributed by atoms with Gasteiger partial charge in [0.15, 0.2) is 5.65 Å². The normalized spacial score (nSPS) is 19.2. The van der Waals surface area contributed by atoms with Crippen LogP contribution in [0.2, 0.25) is 15.1 Å². The highest BCUT2D eigenvalue weighted by molar-refractivity contribution is 6.41. The Hall–Kier alpha value is -2.33. The number of primary amides is 1. The summed E-state index contributed by atoms with van der Waals surface area (Å²) in [6.45, 7) is 2.50. The number of aromatic nitrogens is 4. The van der Waals surface area contributed by atoms with Crippen LogP contribution in [0.1, 0.15) is 38.6 Å². The number of imidazole rings is 1. The lowest BCUT2D eigenvalue weighted by Gasteiger charge is -2.29. The van der Waals surface area contributed by atoms with Gasteiger partial charge in [0.1, 0.15) is 5.52 Å². The van der Waals surface area contributed by atoms with Gasteiger partial charge in [0.05, 0.1) is 28.5 Å². The van der Waals surface area contributed by atoms with Gasteiger partial charge >= 0.3 is 0 Å². The van der Waals surface area contributed by atoms with E-state index in [1.165, 1.54) is 0 Å². The molecule has 4 N–H and O–H groups in total. The Labute approximate surface area is 212 Å². The SMILES string of the molecule is COC[C@H](C)Nc1ncc2nc(Nc3c(Cl)cc(Cl)cc3Cl)n([C@H]3CC[C@@H](C(N)=O)CC3)c2n1. The average Bonchev–Trinajstić information content (AvgIpc) is 3.13. The Morgan fingerprint density at radius 1 is 1.21 bits per heavy atom.